The van der Waals surface area contributed by atoms with Gasteiger partial charge in [0.05, 0.1) is 0 Å². The molecule has 1 aromatic carbocycles. The molecule has 25 heavy (non-hydrogen) atoms. The number of ether oxygens (including phenoxy) is 1. The van der Waals surface area contributed by atoms with Gasteiger partial charge in [-0.1, -0.05) is 17.7 Å². The molecule has 140 valence electrons. The average molecular weight is 374 g/mol. The highest BCUT2D eigenvalue weighted by Gasteiger charge is 2.47. The molecule has 5 atom stereocenters. The Morgan fingerprint density at radius 3 is 2.12 bits per heavy atom. The number of hydrogen-bond acceptors (Lipinski definition) is 8. The van der Waals surface area contributed by atoms with E-state index in [1.54, 1.807) is 19.1 Å². The molecule has 0 saturated carbocycles. The molecule has 1 aliphatic heterocycles. The number of aliphatic hydroxyl groups is 4. The van der Waals surface area contributed by atoms with Crippen LogP contribution in [0.15, 0.2) is 40.5 Å². The third-order valence-corrected chi connectivity index (χ3v) is 5.11. The Balaban J connectivity index is 2.27. The molecular weight excluding hydrogens is 352 g/mol. The molecule has 0 aliphatic carbocycles. The van der Waals surface area contributed by atoms with Crippen molar-refractivity contribution in [3.8, 4) is 0 Å². The minimum absolute atomic E-state index is 0.1000. The molecule has 4 N–H and O–H groups in total. The highest BCUT2D eigenvalue weighted by molar-refractivity contribution is 7.86. The summed E-state index contributed by atoms with van der Waals surface area (Å²) in [6.07, 6.45) is -8.06. The fraction of sp³-hybridized carbons (Fsp3) is 0.500. The van der Waals surface area contributed by atoms with Crippen LogP contribution >= 0.6 is 0 Å². The van der Waals surface area contributed by atoms with Gasteiger partial charge in [-0.05, 0) is 38.5 Å². The van der Waals surface area contributed by atoms with E-state index in [0.29, 0.717) is 5.57 Å². The first-order chi connectivity index (χ1) is 11.5. The van der Waals surface area contributed by atoms with E-state index in [0.717, 1.165) is 5.56 Å². The zero-order chi connectivity index (χ0) is 18.9. The maximum absolute atomic E-state index is 12.4. The van der Waals surface area contributed by atoms with Crippen LogP contribution in [-0.2, 0) is 19.0 Å². The summed E-state index contributed by atoms with van der Waals surface area (Å²) in [6, 6.07) is 5.94. The molecule has 0 unspecified atom stereocenters. The summed E-state index contributed by atoms with van der Waals surface area (Å²) >= 11 is 0. The van der Waals surface area contributed by atoms with E-state index in [1.165, 1.54) is 26.0 Å². The normalized spacial score (nSPS) is 27.8. The van der Waals surface area contributed by atoms with Crippen molar-refractivity contribution in [2.45, 2.75) is 56.4 Å². The SMILES string of the molecule is CC(C)=C(OS(=O)(=O)c1ccc(C)cc1)[C@@H](O)[C@H]1O[C@H](O)[C@H](O)[C@H]1O. The van der Waals surface area contributed by atoms with E-state index in [1.807, 2.05) is 0 Å². The second kappa shape index (κ2) is 7.40. The molecule has 1 fully saturated rings. The van der Waals surface area contributed by atoms with E-state index in [4.69, 9.17) is 8.92 Å². The van der Waals surface area contributed by atoms with Crippen molar-refractivity contribution in [1.29, 1.82) is 0 Å². The lowest BCUT2D eigenvalue weighted by Gasteiger charge is -2.24. The molecule has 1 heterocycles. The minimum Gasteiger partial charge on any atom is -0.387 e. The first-order valence-corrected chi connectivity index (χ1v) is 9.01. The fourth-order valence-electron chi connectivity index (χ4n) is 2.40. The number of benzene rings is 1. The Hall–Kier alpha value is -1.49. The van der Waals surface area contributed by atoms with Gasteiger partial charge in [0, 0.05) is 0 Å². The maximum atomic E-state index is 12.4. The van der Waals surface area contributed by atoms with E-state index >= 15 is 0 Å². The summed E-state index contributed by atoms with van der Waals surface area (Å²) in [7, 11) is -4.22. The van der Waals surface area contributed by atoms with Crippen LogP contribution < -0.4 is 0 Å². The van der Waals surface area contributed by atoms with Crippen molar-refractivity contribution in [3.05, 3.63) is 41.2 Å². The van der Waals surface area contributed by atoms with Gasteiger partial charge in [-0.3, -0.25) is 0 Å². The van der Waals surface area contributed by atoms with E-state index in [2.05, 4.69) is 0 Å². The lowest BCUT2D eigenvalue weighted by Crippen LogP contribution is -2.40. The first kappa shape index (κ1) is 19.8. The predicted molar refractivity (Wildman–Crippen MR) is 86.7 cm³/mol. The van der Waals surface area contributed by atoms with Crippen LogP contribution in [0.25, 0.3) is 0 Å². The molecule has 9 heteroatoms. The highest BCUT2D eigenvalue weighted by Crippen LogP contribution is 2.29. The van der Waals surface area contributed by atoms with E-state index in [-0.39, 0.29) is 10.7 Å². The summed E-state index contributed by atoms with van der Waals surface area (Å²) in [5, 5.41) is 39.2. The van der Waals surface area contributed by atoms with Gasteiger partial charge < -0.3 is 29.3 Å². The second-order valence-electron chi connectivity index (χ2n) is 6.13. The zero-order valence-corrected chi connectivity index (χ0v) is 14.8. The van der Waals surface area contributed by atoms with E-state index < -0.39 is 40.8 Å². The van der Waals surface area contributed by atoms with Gasteiger partial charge in [-0.15, -0.1) is 0 Å². The van der Waals surface area contributed by atoms with Crippen LogP contribution in [0.2, 0.25) is 0 Å². The predicted octanol–water partition coefficient (Wildman–Crippen LogP) is -0.206. The fourth-order valence-corrected chi connectivity index (χ4v) is 3.46. The van der Waals surface area contributed by atoms with Crippen molar-refractivity contribution < 1.29 is 37.8 Å². The molecule has 0 aromatic heterocycles. The number of aryl methyl sites for hydroxylation is 1. The summed E-state index contributed by atoms with van der Waals surface area (Å²) in [5.74, 6) is -0.342. The van der Waals surface area contributed by atoms with Crippen LogP contribution in [0.4, 0.5) is 0 Å². The average Bonchev–Trinajstić information content (AvgIpc) is 2.80. The number of hydrogen-bond donors (Lipinski definition) is 4. The van der Waals surface area contributed by atoms with Crippen molar-refractivity contribution in [2.75, 3.05) is 0 Å². The molecule has 1 saturated heterocycles. The van der Waals surface area contributed by atoms with Crippen LogP contribution in [0.3, 0.4) is 0 Å². The third kappa shape index (κ3) is 4.20. The molecular formula is C16H22O8S. The quantitative estimate of drug-likeness (QED) is 0.411. The lowest BCUT2D eigenvalue weighted by atomic mass is 10.0. The Morgan fingerprint density at radius 2 is 1.68 bits per heavy atom. The Kier molecular flexibility index (Phi) is 5.87. The van der Waals surface area contributed by atoms with Gasteiger partial charge in [0.15, 0.2) is 6.29 Å². The molecule has 0 bridgehead atoms. The molecule has 0 amide bonds. The Labute approximate surface area is 146 Å². The molecule has 1 aromatic rings. The highest BCUT2D eigenvalue weighted by atomic mass is 32.2. The van der Waals surface area contributed by atoms with Crippen molar-refractivity contribution in [2.24, 2.45) is 0 Å². The van der Waals surface area contributed by atoms with E-state index in [9.17, 15) is 28.8 Å². The second-order valence-corrected chi connectivity index (χ2v) is 7.68. The van der Waals surface area contributed by atoms with Crippen molar-refractivity contribution in [1.82, 2.24) is 0 Å². The molecule has 2 rings (SSSR count). The van der Waals surface area contributed by atoms with Crippen LogP contribution in [0.5, 0.6) is 0 Å². The summed E-state index contributed by atoms with van der Waals surface area (Å²) in [6.45, 7) is 4.83. The third-order valence-electron chi connectivity index (χ3n) is 3.86. The van der Waals surface area contributed by atoms with Gasteiger partial charge in [0.25, 0.3) is 0 Å². The van der Waals surface area contributed by atoms with Gasteiger partial charge in [0.2, 0.25) is 0 Å². The number of rotatable bonds is 5. The smallest absolute Gasteiger partial charge is 0.338 e. The molecule has 8 nitrogen and oxygen atoms in total. The van der Waals surface area contributed by atoms with Crippen molar-refractivity contribution in [3.63, 3.8) is 0 Å². The molecule has 0 spiro atoms. The van der Waals surface area contributed by atoms with Gasteiger partial charge in [0.1, 0.15) is 35.1 Å². The van der Waals surface area contributed by atoms with Crippen LogP contribution in [0, 0.1) is 6.92 Å². The number of aliphatic hydroxyl groups excluding tert-OH is 4. The summed E-state index contributed by atoms with van der Waals surface area (Å²) in [5.41, 5.74) is 1.20. The van der Waals surface area contributed by atoms with Crippen LogP contribution in [0.1, 0.15) is 19.4 Å². The van der Waals surface area contributed by atoms with Crippen LogP contribution in [-0.4, -0.2) is 59.5 Å². The molecule has 0 radical (unpaired) electrons. The van der Waals surface area contributed by atoms with Gasteiger partial charge in [-0.25, -0.2) is 0 Å². The monoisotopic (exact) mass is 374 g/mol. The maximum Gasteiger partial charge on any atom is 0.338 e. The summed E-state index contributed by atoms with van der Waals surface area (Å²) < 4.78 is 34.8. The first-order valence-electron chi connectivity index (χ1n) is 7.61. The topological polar surface area (TPSA) is 134 Å². The number of allylic oxidation sites excluding steroid dienone is 1. The standard InChI is InChI=1S/C16H22O8S/c1-8(2)14(13(19)15-11(17)12(18)16(20)23-15)24-25(21,22)10-6-4-9(3)5-7-10/h4-7,11-13,15-20H,1-3H3/t11-,12-,13-,15+,16+/m1/s1. The van der Waals surface area contributed by atoms with Crippen molar-refractivity contribution >= 4 is 10.1 Å². The van der Waals surface area contributed by atoms with Gasteiger partial charge >= 0.3 is 10.1 Å². The Morgan fingerprint density at radius 1 is 1.12 bits per heavy atom. The molecule has 1 aliphatic rings. The van der Waals surface area contributed by atoms with Gasteiger partial charge in [-0.2, -0.15) is 8.42 Å². The Bertz CT molecular complexity index is 736. The summed E-state index contributed by atoms with van der Waals surface area (Å²) in [4.78, 5) is -0.1000. The minimum atomic E-state index is -4.22. The lowest BCUT2D eigenvalue weighted by molar-refractivity contribution is -0.144. The zero-order valence-electron chi connectivity index (χ0n) is 14.0. The largest absolute Gasteiger partial charge is 0.387 e.